The number of carbonyl (C=O) groups excluding carboxylic acids is 2. The highest BCUT2D eigenvalue weighted by Gasteiger charge is 2.59. The number of rotatable bonds is 6. The Bertz CT molecular complexity index is 1310. The van der Waals surface area contributed by atoms with Gasteiger partial charge in [-0.05, 0) is 35.7 Å². The van der Waals surface area contributed by atoms with Gasteiger partial charge >= 0.3 is 6.03 Å². The van der Waals surface area contributed by atoms with Gasteiger partial charge in [0.1, 0.15) is 5.75 Å². The molecule has 6 rings (SSSR count). The lowest BCUT2D eigenvalue weighted by Gasteiger charge is -2.40. The van der Waals surface area contributed by atoms with Crippen LogP contribution in [-0.4, -0.2) is 53.5 Å². The second-order valence-corrected chi connectivity index (χ2v) is 9.59. The van der Waals surface area contributed by atoms with Gasteiger partial charge in [-0.3, -0.25) is 14.7 Å². The second kappa shape index (κ2) is 8.86. The van der Waals surface area contributed by atoms with Crippen molar-refractivity contribution in [1.29, 1.82) is 0 Å². The molecule has 0 bridgehead atoms. The molecule has 8 heteroatoms. The third-order valence-electron chi connectivity index (χ3n) is 7.70. The molecule has 4 heterocycles. The van der Waals surface area contributed by atoms with Gasteiger partial charge < -0.3 is 20.3 Å². The van der Waals surface area contributed by atoms with Gasteiger partial charge in [0.05, 0.1) is 13.7 Å². The number of imide groups is 1. The van der Waals surface area contributed by atoms with Crippen LogP contribution in [0.4, 0.5) is 16.2 Å². The van der Waals surface area contributed by atoms with Gasteiger partial charge in [0.2, 0.25) is 0 Å². The molecule has 2 aromatic carbocycles. The van der Waals surface area contributed by atoms with Crippen molar-refractivity contribution in [3.63, 3.8) is 0 Å². The van der Waals surface area contributed by atoms with E-state index in [0.717, 1.165) is 29.0 Å². The van der Waals surface area contributed by atoms with Crippen molar-refractivity contribution < 1.29 is 14.3 Å². The standard InChI is InChI=1S/C28H29N5O3/c1-36-21-8-9-23-25(15-21)30-13-11-28(23)26(34)32(27(35)33(28)18-19-5-4-12-29-16-19)14-10-20-17-31-24-7-3-2-6-22(20)24/h2-9,12,15-16,20,30-31H,10-11,13-14,17-18H2,1H3. The molecule has 3 aromatic rings. The lowest BCUT2D eigenvalue weighted by molar-refractivity contribution is -0.134. The first kappa shape index (κ1) is 22.4. The number of anilines is 2. The maximum Gasteiger partial charge on any atom is 0.328 e. The summed E-state index contributed by atoms with van der Waals surface area (Å²) in [5.41, 5.74) is 3.85. The van der Waals surface area contributed by atoms with Crippen LogP contribution in [0.3, 0.4) is 0 Å². The summed E-state index contributed by atoms with van der Waals surface area (Å²) in [6.07, 6.45) is 4.68. The Labute approximate surface area is 210 Å². The van der Waals surface area contributed by atoms with E-state index in [2.05, 4.69) is 27.8 Å². The monoisotopic (exact) mass is 483 g/mol. The quantitative estimate of drug-likeness (QED) is 0.512. The number of pyridine rings is 1. The molecule has 0 saturated carbocycles. The van der Waals surface area contributed by atoms with E-state index in [-0.39, 0.29) is 17.9 Å². The van der Waals surface area contributed by atoms with E-state index in [1.165, 1.54) is 10.5 Å². The molecule has 1 aromatic heterocycles. The number of aromatic nitrogens is 1. The largest absolute Gasteiger partial charge is 0.497 e. The number of hydrogen-bond donors (Lipinski definition) is 2. The van der Waals surface area contributed by atoms with Crippen LogP contribution in [0.15, 0.2) is 67.0 Å². The number of fused-ring (bicyclic) bond motifs is 3. The van der Waals surface area contributed by atoms with E-state index < -0.39 is 5.54 Å². The van der Waals surface area contributed by atoms with Crippen molar-refractivity contribution in [2.75, 3.05) is 37.4 Å². The molecule has 0 radical (unpaired) electrons. The number of para-hydroxylation sites is 1. The van der Waals surface area contributed by atoms with Crippen LogP contribution in [0.5, 0.6) is 5.75 Å². The van der Waals surface area contributed by atoms with Gasteiger partial charge in [-0.25, -0.2) is 4.79 Å². The van der Waals surface area contributed by atoms with Crippen LogP contribution >= 0.6 is 0 Å². The fourth-order valence-corrected chi connectivity index (χ4v) is 5.88. The zero-order chi connectivity index (χ0) is 24.7. The van der Waals surface area contributed by atoms with Gasteiger partial charge in [0, 0.05) is 67.4 Å². The molecule has 2 unspecified atom stereocenters. The Kier molecular flexibility index (Phi) is 5.51. The molecule has 1 spiro atoms. The molecule has 36 heavy (non-hydrogen) atoms. The zero-order valence-electron chi connectivity index (χ0n) is 20.2. The first-order chi connectivity index (χ1) is 17.6. The molecule has 0 aliphatic carbocycles. The number of ether oxygens (including phenoxy) is 1. The minimum atomic E-state index is -1.06. The Morgan fingerprint density at radius 3 is 2.81 bits per heavy atom. The molecule has 1 fully saturated rings. The van der Waals surface area contributed by atoms with Crippen molar-refractivity contribution in [2.45, 2.75) is 30.8 Å². The normalized spacial score (nSPS) is 22.3. The number of amides is 3. The molecular weight excluding hydrogens is 454 g/mol. The highest BCUT2D eigenvalue weighted by Crippen LogP contribution is 2.47. The van der Waals surface area contributed by atoms with E-state index in [0.29, 0.717) is 38.2 Å². The lowest BCUT2D eigenvalue weighted by atomic mass is 9.81. The summed E-state index contributed by atoms with van der Waals surface area (Å²) < 4.78 is 5.42. The fraction of sp³-hybridized carbons (Fsp3) is 0.321. The number of benzene rings is 2. The highest BCUT2D eigenvalue weighted by molar-refractivity contribution is 6.08. The highest BCUT2D eigenvalue weighted by atomic mass is 16.5. The average molecular weight is 484 g/mol. The third kappa shape index (κ3) is 3.47. The van der Waals surface area contributed by atoms with Crippen molar-refractivity contribution in [1.82, 2.24) is 14.8 Å². The van der Waals surface area contributed by atoms with Gasteiger partial charge in [0.25, 0.3) is 5.91 Å². The van der Waals surface area contributed by atoms with Crippen molar-refractivity contribution in [3.05, 3.63) is 83.7 Å². The molecule has 184 valence electrons. The molecule has 3 amide bonds. The van der Waals surface area contributed by atoms with Crippen LogP contribution in [0.25, 0.3) is 0 Å². The van der Waals surface area contributed by atoms with Crippen molar-refractivity contribution >= 4 is 23.3 Å². The molecule has 1 saturated heterocycles. The molecule has 2 N–H and O–H groups in total. The van der Waals surface area contributed by atoms with E-state index in [4.69, 9.17) is 4.74 Å². The zero-order valence-corrected chi connectivity index (χ0v) is 20.2. The predicted molar refractivity (Wildman–Crippen MR) is 137 cm³/mol. The summed E-state index contributed by atoms with van der Waals surface area (Å²) in [6, 6.07) is 17.5. The molecule has 8 nitrogen and oxygen atoms in total. The van der Waals surface area contributed by atoms with E-state index in [9.17, 15) is 9.59 Å². The van der Waals surface area contributed by atoms with Crippen molar-refractivity contribution in [3.8, 4) is 5.75 Å². The van der Waals surface area contributed by atoms with Gasteiger partial charge in [-0.15, -0.1) is 0 Å². The summed E-state index contributed by atoms with van der Waals surface area (Å²) in [5.74, 6) is 0.816. The second-order valence-electron chi connectivity index (χ2n) is 9.59. The first-order valence-corrected chi connectivity index (χ1v) is 12.4. The van der Waals surface area contributed by atoms with Crippen LogP contribution in [0.1, 0.15) is 35.4 Å². The summed E-state index contributed by atoms with van der Waals surface area (Å²) in [4.78, 5) is 35.6. The van der Waals surface area contributed by atoms with Gasteiger partial charge in [-0.1, -0.05) is 30.3 Å². The summed E-state index contributed by atoms with van der Waals surface area (Å²) in [7, 11) is 1.62. The number of nitrogens with zero attached hydrogens (tertiary/aromatic N) is 3. The van der Waals surface area contributed by atoms with Gasteiger partial charge in [-0.2, -0.15) is 0 Å². The molecule has 3 aliphatic heterocycles. The smallest absolute Gasteiger partial charge is 0.328 e. The first-order valence-electron chi connectivity index (χ1n) is 12.4. The van der Waals surface area contributed by atoms with Crippen LogP contribution < -0.4 is 15.4 Å². The molecule has 3 aliphatic rings. The predicted octanol–water partition coefficient (Wildman–Crippen LogP) is 4.16. The third-order valence-corrected chi connectivity index (χ3v) is 7.70. The van der Waals surface area contributed by atoms with Crippen molar-refractivity contribution in [2.24, 2.45) is 0 Å². The number of carbonyl (C=O) groups is 2. The fourth-order valence-electron chi connectivity index (χ4n) is 5.88. The summed E-state index contributed by atoms with van der Waals surface area (Å²) in [5, 5.41) is 6.85. The van der Waals surface area contributed by atoms with Crippen LogP contribution in [0.2, 0.25) is 0 Å². The Morgan fingerprint density at radius 1 is 1.08 bits per heavy atom. The molecule has 2 atom stereocenters. The van der Waals surface area contributed by atoms with E-state index in [1.54, 1.807) is 24.4 Å². The van der Waals surface area contributed by atoms with E-state index in [1.807, 2.05) is 42.5 Å². The van der Waals surface area contributed by atoms with Crippen LogP contribution in [0, 0.1) is 0 Å². The van der Waals surface area contributed by atoms with Gasteiger partial charge in [0.15, 0.2) is 5.54 Å². The minimum absolute atomic E-state index is 0.149. The number of methoxy groups -OCH3 is 1. The Morgan fingerprint density at radius 2 is 1.97 bits per heavy atom. The number of nitrogens with one attached hydrogen (secondary N) is 2. The number of urea groups is 1. The average Bonchev–Trinajstić information content (AvgIpc) is 3.41. The Balaban J connectivity index is 1.35. The summed E-state index contributed by atoms with van der Waals surface area (Å²) >= 11 is 0. The van der Waals surface area contributed by atoms with E-state index >= 15 is 0 Å². The lowest BCUT2D eigenvalue weighted by Crippen LogP contribution is -2.50. The summed E-state index contributed by atoms with van der Waals surface area (Å²) in [6.45, 7) is 2.08. The topological polar surface area (TPSA) is 86.8 Å². The SMILES string of the molecule is COc1ccc2c(c1)NCCC21C(=O)N(CCC2CNc3ccccc32)C(=O)N1Cc1cccnc1. The maximum absolute atomic E-state index is 14.2. The minimum Gasteiger partial charge on any atom is -0.497 e. The Hall–Kier alpha value is -4.07. The number of hydrogen-bond acceptors (Lipinski definition) is 6. The van der Waals surface area contributed by atoms with Crippen LogP contribution in [-0.2, 0) is 16.9 Å². The maximum atomic E-state index is 14.2. The molecular formula is C28H29N5O3.